The highest BCUT2D eigenvalue weighted by molar-refractivity contribution is 9.10. The van der Waals surface area contributed by atoms with Crippen LogP contribution in [0, 0.1) is 6.92 Å². The van der Waals surface area contributed by atoms with E-state index < -0.39 is 5.97 Å². The minimum Gasteiger partial charge on any atom is -0.476 e. The minimum absolute atomic E-state index is 0.0990. The second-order valence-corrected chi connectivity index (χ2v) is 4.52. The molecule has 0 aliphatic heterocycles. The number of benzene rings is 1. The molecule has 0 aliphatic rings. The highest BCUT2D eigenvalue weighted by Crippen LogP contribution is 2.27. The van der Waals surface area contributed by atoms with Crippen molar-refractivity contribution in [2.45, 2.75) is 6.92 Å². The molecule has 2 rings (SSSR count). The molecule has 92 valence electrons. The van der Waals surface area contributed by atoms with Gasteiger partial charge in [0.05, 0.1) is 0 Å². The Kier molecular flexibility index (Phi) is 3.62. The van der Waals surface area contributed by atoms with Gasteiger partial charge in [-0.1, -0.05) is 15.9 Å². The maximum Gasteiger partial charge on any atom is 0.358 e. The average molecular weight is 308 g/mol. The SMILES string of the molecule is Cc1cc(Oc2cccnc2C(=O)O)ccc1Br. The summed E-state index contributed by atoms with van der Waals surface area (Å²) in [5.74, 6) is -0.308. The molecule has 0 saturated heterocycles. The quantitative estimate of drug-likeness (QED) is 0.940. The summed E-state index contributed by atoms with van der Waals surface area (Å²) >= 11 is 3.39. The first-order chi connectivity index (χ1) is 8.58. The lowest BCUT2D eigenvalue weighted by Gasteiger charge is -2.08. The fraction of sp³-hybridized carbons (Fsp3) is 0.0769. The molecule has 18 heavy (non-hydrogen) atoms. The van der Waals surface area contributed by atoms with Gasteiger partial charge in [-0.15, -0.1) is 0 Å². The summed E-state index contributed by atoms with van der Waals surface area (Å²) in [4.78, 5) is 14.8. The number of rotatable bonds is 3. The zero-order valence-corrected chi connectivity index (χ0v) is 11.1. The van der Waals surface area contributed by atoms with E-state index in [1.807, 2.05) is 19.1 Å². The van der Waals surface area contributed by atoms with Gasteiger partial charge in [-0.3, -0.25) is 0 Å². The van der Waals surface area contributed by atoms with Crippen LogP contribution in [-0.4, -0.2) is 16.1 Å². The number of ether oxygens (including phenoxy) is 1. The minimum atomic E-state index is -1.11. The van der Waals surface area contributed by atoms with Crippen LogP contribution in [0.1, 0.15) is 16.1 Å². The standard InChI is InChI=1S/C13H10BrNO3/c1-8-7-9(4-5-10(8)14)18-11-3-2-6-15-12(11)13(16)17/h2-7H,1H3,(H,16,17). The van der Waals surface area contributed by atoms with E-state index >= 15 is 0 Å². The van der Waals surface area contributed by atoms with Gasteiger partial charge in [0.2, 0.25) is 0 Å². The van der Waals surface area contributed by atoms with E-state index in [1.165, 1.54) is 6.20 Å². The van der Waals surface area contributed by atoms with Crippen molar-refractivity contribution in [2.75, 3.05) is 0 Å². The zero-order chi connectivity index (χ0) is 13.1. The molecule has 4 nitrogen and oxygen atoms in total. The number of nitrogens with zero attached hydrogens (tertiary/aromatic N) is 1. The third-order valence-electron chi connectivity index (χ3n) is 2.33. The first kappa shape index (κ1) is 12.6. The summed E-state index contributed by atoms with van der Waals surface area (Å²) in [5, 5.41) is 8.99. The molecule has 0 fully saturated rings. The van der Waals surface area contributed by atoms with Crippen LogP contribution in [-0.2, 0) is 0 Å². The number of aryl methyl sites for hydroxylation is 1. The van der Waals surface area contributed by atoms with Gasteiger partial charge in [-0.2, -0.15) is 0 Å². The molecule has 1 heterocycles. The zero-order valence-electron chi connectivity index (χ0n) is 9.55. The van der Waals surface area contributed by atoms with Crippen molar-refractivity contribution in [3.63, 3.8) is 0 Å². The predicted octanol–water partition coefficient (Wildman–Crippen LogP) is 3.64. The molecule has 1 aromatic carbocycles. The van der Waals surface area contributed by atoms with Crippen molar-refractivity contribution in [2.24, 2.45) is 0 Å². The molecular weight excluding hydrogens is 298 g/mol. The molecule has 0 spiro atoms. The van der Waals surface area contributed by atoms with Crippen LogP contribution in [0.2, 0.25) is 0 Å². The van der Waals surface area contributed by atoms with Gasteiger partial charge in [-0.25, -0.2) is 9.78 Å². The molecule has 0 amide bonds. The summed E-state index contributed by atoms with van der Waals surface area (Å²) in [6.07, 6.45) is 1.42. The highest BCUT2D eigenvalue weighted by Gasteiger charge is 2.13. The molecule has 0 unspecified atom stereocenters. The van der Waals surface area contributed by atoms with E-state index in [4.69, 9.17) is 9.84 Å². The van der Waals surface area contributed by atoms with Crippen molar-refractivity contribution in [1.82, 2.24) is 4.98 Å². The summed E-state index contributed by atoms with van der Waals surface area (Å²) in [5.41, 5.74) is 0.909. The van der Waals surface area contributed by atoms with Crippen LogP contribution in [0.3, 0.4) is 0 Å². The van der Waals surface area contributed by atoms with E-state index in [0.29, 0.717) is 5.75 Å². The first-order valence-electron chi connectivity index (χ1n) is 5.20. The number of aromatic nitrogens is 1. The molecular formula is C13H10BrNO3. The molecule has 1 aromatic heterocycles. The normalized spacial score (nSPS) is 10.1. The van der Waals surface area contributed by atoms with Crippen molar-refractivity contribution in [3.05, 3.63) is 52.3 Å². The lowest BCUT2D eigenvalue weighted by Crippen LogP contribution is -2.02. The van der Waals surface area contributed by atoms with Crippen molar-refractivity contribution in [1.29, 1.82) is 0 Å². The largest absolute Gasteiger partial charge is 0.476 e. The highest BCUT2D eigenvalue weighted by atomic mass is 79.9. The van der Waals surface area contributed by atoms with E-state index in [2.05, 4.69) is 20.9 Å². The van der Waals surface area contributed by atoms with Gasteiger partial charge in [-0.05, 0) is 42.8 Å². The smallest absolute Gasteiger partial charge is 0.358 e. The number of halogens is 1. The molecule has 0 aliphatic carbocycles. The Morgan fingerprint density at radius 2 is 2.17 bits per heavy atom. The van der Waals surface area contributed by atoms with Gasteiger partial charge in [0.15, 0.2) is 11.4 Å². The number of hydrogen-bond donors (Lipinski definition) is 1. The van der Waals surface area contributed by atoms with Crippen LogP contribution in [0.15, 0.2) is 41.0 Å². The third kappa shape index (κ3) is 2.68. The van der Waals surface area contributed by atoms with Crippen LogP contribution in [0.4, 0.5) is 0 Å². The summed E-state index contributed by atoms with van der Waals surface area (Å²) in [7, 11) is 0. The maximum atomic E-state index is 11.0. The van der Waals surface area contributed by atoms with E-state index in [-0.39, 0.29) is 11.4 Å². The number of pyridine rings is 1. The van der Waals surface area contributed by atoms with E-state index in [1.54, 1.807) is 18.2 Å². The van der Waals surface area contributed by atoms with Gasteiger partial charge in [0.1, 0.15) is 5.75 Å². The number of carboxylic acid groups (broad SMARTS) is 1. The average Bonchev–Trinajstić information content (AvgIpc) is 2.34. The fourth-order valence-corrected chi connectivity index (χ4v) is 1.69. The first-order valence-corrected chi connectivity index (χ1v) is 5.99. The molecule has 0 saturated carbocycles. The number of carbonyl (C=O) groups is 1. The Morgan fingerprint density at radius 1 is 1.39 bits per heavy atom. The third-order valence-corrected chi connectivity index (χ3v) is 3.22. The number of hydrogen-bond acceptors (Lipinski definition) is 3. The Hall–Kier alpha value is -1.88. The van der Waals surface area contributed by atoms with Crippen molar-refractivity contribution < 1.29 is 14.6 Å². The van der Waals surface area contributed by atoms with Crippen LogP contribution < -0.4 is 4.74 Å². The molecule has 0 radical (unpaired) electrons. The number of aromatic carboxylic acids is 1. The maximum absolute atomic E-state index is 11.0. The van der Waals surface area contributed by atoms with Crippen LogP contribution in [0.5, 0.6) is 11.5 Å². The van der Waals surface area contributed by atoms with Crippen LogP contribution in [0.25, 0.3) is 0 Å². The topological polar surface area (TPSA) is 59.4 Å². The predicted molar refractivity (Wildman–Crippen MR) is 70.1 cm³/mol. The summed E-state index contributed by atoms with van der Waals surface area (Å²) in [6, 6.07) is 8.64. The summed E-state index contributed by atoms with van der Waals surface area (Å²) in [6.45, 7) is 1.93. The van der Waals surface area contributed by atoms with E-state index in [9.17, 15) is 4.79 Å². The second kappa shape index (κ2) is 5.18. The Labute approximate surface area is 112 Å². The fourth-order valence-electron chi connectivity index (χ4n) is 1.44. The van der Waals surface area contributed by atoms with E-state index in [0.717, 1.165) is 10.0 Å². The lowest BCUT2D eigenvalue weighted by molar-refractivity contribution is 0.0687. The van der Waals surface area contributed by atoms with Gasteiger partial charge in [0.25, 0.3) is 0 Å². The molecule has 0 atom stereocenters. The lowest BCUT2D eigenvalue weighted by atomic mass is 10.2. The Balaban J connectivity index is 2.34. The van der Waals surface area contributed by atoms with Gasteiger partial charge < -0.3 is 9.84 Å². The van der Waals surface area contributed by atoms with Crippen molar-refractivity contribution in [3.8, 4) is 11.5 Å². The molecule has 0 bridgehead atoms. The van der Waals surface area contributed by atoms with Crippen LogP contribution >= 0.6 is 15.9 Å². The van der Waals surface area contributed by atoms with Gasteiger partial charge >= 0.3 is 5.97 Å². The Bertz CT molecular complexity index is 599. The molecule has 1 N–H and O–H groups in total. The monoisotopic (exact) mass is 307 g/mol. The number of carboxylic acids is 1. The summed E-state index contributed by atoms with van der Waals surface area (Å²) < 4.78 is 6.51. The molecule has 5 heteroatoms. The second-order valence-electron chi connectivity index (χ2n) is 3.67. The Morgan fingerprint density at radius 3 is 2.83 bits per heavy atom. The van der Waals surface area contributed by atoms with Gasteiger partial charge in [0, 0.05) is 10.7 Å². The van der Waals surface area contributed by atoms with Crippen molar-refractivity contribution >= 4 is 21.9 Å². The molecule has 2 aromatic rings.